The first-order chi connectivity index (χ1) is 17.6. The van der Waals surface area contributed by atoms with Crippen LogP contribution in [0.25, 0.3) is 0 Å². The Morgan fingerprint density at radius 2 is 1.92 bits per heavy atom. The Balaban J connectivity index is 1.37. The SMILES string of the molecule is CC(C)(C)[C@@H](C(=O)N1CC(O)CC1C(=O)NC1(Cc2ccccc2F)CCCC1)n1cc(C2CC2)nn1. The third kappa shape index (κ3) is 5.42. The number of hydrogen-bond donors (Lipinski definition) is 2. The van der Waals surface area contributed by atoms with Crippen molar-refractivity contribution in [3.8, 4) is 0 Å². The van der Waals surface area contributed by atoms with Gasteiger partial charge in [0.1, 0.15) is 17.9 Å². The van der Waals surface area contributed by atoms with Gasteiger partial charge < -0.3 is 15.3 Å². The summed E-state index contributed by atoms with van der Waals surface area (Å²) in [6.07, 6.45) is 7.23. The van der Waals surface area contributed by atoms with E-state index in [0.29, 0.717) is 17.9 Å². The zero-order chi connectivity index (χ0) is 26.4. The fourth-order valence-electron chi connectivity index (χ4n) is 6.07. The van der Waals surface area contributed by atoms with E-state index in [1.165, 1.54) is 11.0 Å². The van der Waals surface area contributed by atoms with Crippen LogP contribution in [-0.4, -0.2) is 61.0 Å². The van der Waals surface area contributed by atoms with Gasteiger partial charge in [-0.2, -0.15) is 0 Å². The normalized spacial score (nSPS) is 24.3. The number of benzene rings is 1. The summed E-state index contributed by atoms with van der Waals surface area (Å²) in [6.45, 7) is 6.00. The van der Waals surface area contributed by atoms with E-state index in [0.717, 1.165) is 44.2 Å². The van der Waals surface area contributed by atoms with Gasteiger partial charge >= 0.3 is 0 Å². The Morgan fingerprint density at radius 1 is 1.22 bits per heavy atom. The fourth-order valence-corrected chi connectivity index (χ4v) is 6.07. The lowest BCUT2D eigenvalue weighted by molar-refractivity contribution is -0.144. The average molecular weight is 512 g/mol. The number of aromatic nitrogens is 3. The van der Waals surface area contributed by atoms with Crippen molar-refractivity contribution in [1.29, 1.82) is 0 Å². The quantitative estimate of drug-likeness (QED) is 0.593. The number of nitrogens with one attached hydrogen (secondary N) is 1. The highest BCUT2D eigenvalue weighted by Gasteiger charge is 2.47. The van der Waals surface area contributed by atoms with Crippen molar-refractivity contribution in [2.75, 3.05) is 6.54 Å². The maximum atomic E-state index is 14.5. The standard InChI is InChI=1S/C28H38FN5O3/c1-27(2,3)24(34-17-22(31-32-34)18-10-11-18)26(37)33-16-20(35)14-23(33)25(36)30-28(12-6-7-13-28)15-19-8-4-5-9-21(19)29/h4-5,8-9,17-18,20,23-24,35H,6-7,10-16H2,1-3H3,(H,30,36)/t20?,23?,24-/m1/s1. The molecule has 1 aliphatic heterocycles. The minimum absolute atomic E-state index is 0.0913. The Hall–Kier alpha value is -2.81. The molecule has 2 heterocycles. The highest BCUT2D eigenvalue weighted by molar-refractivity contribution is 5.90. The summed E-state index contributed by atoms with van der Waals surface area (Å²) in [5.74, 6) is -0.393. The van der Waals surface area contributed by atoms with Gasteiger partial charge in [0.15, 0.2) is 0 Å². The third-order valence-electron chi connectivity index (χ3n) is 8.14. The number of carbonyl (C=O) groups is 2. The Morgan fingerprint density at radius 3 is 2.57 bits per heavy atom. The molecule has 2 N–H and O–H groups in total. The van der Waals surface area contributed by atoms with Crippen LogP contribution < -0.4 is 5.32 Å². The highest BCUT2D eigenvalue weighted by Crippen LogP contribution is 2.40. The van der Waals surface area contributed by atoms with Gasteiger partial charge in [0, 0.05) is 30.6 Å². The lowest BCUT2D eigenvalue weighted by atomic mass is 9.85. The maximum absolute atomic E-state index is 14.5. The van der Waals surface area contributed by atoms with E-state index in [-0.39, 0.29) is 30.6 Å². The molecule has 2 unspecified atom stereocenters. The lowest BCUT2D eigenvalue weighted by Gasteiger charge is -2.36. The number of halogens is 1. The molecule has 1 saturated heterocycles. The van der Waals surface area contributed by atoms with Gasteiger partial charge in [0.05, 0.1) is 11.8 Å². The predicted octanol–water partition coefficient (Wildman–Crippen LogP) is 3.52. The van der Waals surface area contributed by atoms with E-state index in [1.807, 2.05) is 33.0 Å². The van der Waals surface area contributed by atoms with E-state index in [1.54, 1.807) is 16.8 Å². The minimum atomic E-state index is -0.795. The van der Waals surface area contributed by atoms with E-state index in [4.69, 9.17) is 0 Å². The Labute approximate surface area is 217 Å². The highest BCUT2D eigenvalue weighted by atomic mass is 19.1. The number of carbonyl (C=O) groups excluding carboxylic acids is 2. The minimum Gasteiger partial charge on any atom is -0.391 e. The van der Waals surface area contributed by atoms with Crippen LogP contribution >= 0.6 is 0 Å². The molecule has 3 aliphatic rings. The first kappa shape index (κ1) is 25.8. The molecule has 3 fully saturated rings. The van der Waals surface area contributed by atoms with Crippen LogP contribution in [0, 0.1) is 11.2 Å². The summed E-state index contributed by atoms with van der Waals surface area (Å²) >= 11 is 0. The van der Waals surface area contributed by atoms with Gasteiger partial charge in [-0.05, 0) is 49.1 Å². The van der Waals surface area contributed by atoms with Gasteiger partial charge in [0.25, 0.3) is 0 Å². The summed E-state index contributed by atoms with van der Waals surface area (Å²) in [7, 11) is 0. The van der Waals surface area contributed by atoms with Crippen LogP contribution in [0.2, 0.25) is 0 Å². The van der Waals surface area contributed by atoms with Gasteiger partial charge in [-0.1, -0.05) is 57.0 Å². The molecule has 2 aromatic rings. The Kier molecular flexibility index (Phi) is 6.85. The molecular formula is C28H38FN5O3. The lowest BCUT2D eigenvalue weighted by Crippen LogP contribution is -2.56. The molecule has 37 heavy (non-hydrogen) atoms. The summed E-state index contributed by atoms with van der Waals surface area (Å²) in [4.78, 5) is 29.2. The van der Waals surface area contributed by atoms with Gasteiger partial charge in [0.2, 0.25) is 11.8 Å². The molecule has 0 radical (unpaired) electrons. The molecule has 2 aliphatic carbocycles. The molecule has 5 rings (SSSR count). The molecule has 0 bridgehead atoms. The number of hydrogen-bond acceptors (Lipinski definition) is 5. The second-order valence-corrected chi connectivity index (χ2v) is 12.3. The first-order valence-corrected chi connectivity index (χ1v) is 13.5. The fraction of sp³-hybridized carbons (Fsp3) is 0.643. The molecule has 3 atom stereocenters. The zero-order valence-corrected chi connectivity index (χ0v) is 22.0. The summed E-state index contributed by atoms with van der Waals surface area (Å²) in [5, 5.41) is 22.4. The van der Waals surface area contributed by atoms with Crippen molar-refractivity contribution < 1.29 is 19.1 Å². The number of nitrogens with zero attached hydrogens (tertiary/aromatic N) is 4. The van der Waals surface area contributed by atoms with Crippen molar-refractivity contribution in [2.45, 2.75) is 102 Å². The van der Waals surface area contributed by atoms with Crippen molar-refractivity contribution in [3.63, 3.8) is 0 Å². The molecule has 200 valence electrons. The maximum Gasteiger partial charge on any atom is 0.248 e. The molecule has 1 aromatic carbocycles. The number of rotatable bonds is 7. The molecule has 1 aromatic heterocycles. The van der Waals surface area contributed by atoms with Crippen LogP contribution in [0.1, 0.15) is 88.9 Å². The van der Waals surface area contributed by atoms with Crippen molar-refractivity contribution in [3.05, 3.63) is 47.5 Å². The molecule has 2 saturated carbocycles. The summed E-state index contributed by atoms with van der Waals surface area (Å²) < 4.78 is 16.1. The monoisotopic (exact) mass is 511 g/mol. The number of likely N-dealkylation sites (tertiary alicyclic amines) is 1. The topological polar surface area (TPSA) is 100 Å². The third-order valence-corrected chi connectivity index (χ3v) is 8.14. The van der Waals surface area contributed by atoms with Gasteiger partial charge in [-0.3, -0.25) is 9.59 Å². The van der Waals surface area contributed by atoms with E-state index in [2.05, 4.69) is 15.6 Å². The molecule has 9 heteroatoms. The van der Waals surface area contributed by atoms with Crippen LogP contribution in [-0.2, 0) is 16.0 Å². The molecule has 8 nitrogen and oxygen atoms in total. The zero-order valence-electron chi connectivity index (χ0n) is 22.0. The van der Waals surface area contributed by atoms with Crippen LogP contribution in [0.15, 0.2) is 30.5 Å². The average Bonchev–Trinajstić information content (AvgIpc) is 3.20. The van der Waals surface area contributed by atoms with Crippen molar-refractivity contribution >= 4 is 11.8 Å². The summed E-state index contributed by atoms with van der Waals surface area (Å²) in [6, 6.07) is 5.22. The Bertz CT molecular complexity index is 1150. The largest absolute Gasteiger partial charge is 0.391 e. The molecule has 0 spiro atoms. The first-order valence-electron chi connectivity index (χ1n) is 13.5. The van der Waals surface area contributed by atoms with E-state index >= 15 is 0 Å². The van der Waals surface area contributed by atoms with Gasteiger partial charge in [-0.25, -0.2) is 9.07 Å². The van der Waals surface area contributed by atoms with Crippen LogP contribution in [0.5, 0.6) is 0 Å². The summed E-state index contributed by atoms with van der Waals surface area (Å²) in [5.41, 5.74) is 0.428. The number of β-amino-alcohol motifs (C(OH)–C–C–N with tert-alkyl or cyclic N) is 1. The van der Waals surface area contributed by atoms with Crippen molar-refractivity contribution in [1.82, 2.24) is 25.2 Å². The van der Waals surface area contributed by atoms with Gasteiger partial charge in [-0.15, -0.1) is 5.10 Å². The van der Waals surface area contributed by atoms with E-state index < -0.39 is 29.1 Å². The number of aliphatic hydroxyl groups excluding tert-OH is 1. The second kappa shape index (κ2) is 9.82. The number of aliphatic hydroxyl groups is 1. The van der Waals surface area contributed by atoms with Crippen molar-refractivity contribution in [2.24, 2.45) is 5.41 Å². The second-order valence-electron chi connectivity index (χ2n) is 12.3. The van der Waals surface area contributed by atoms with Crippen LogP contribution in [0.4, 0.5) is 4.39 Å². The molecular weight excluding hydrogens is 473 g/mol. The number of amides is 2. The smallest absolute Gasteiger partial charge is 0.248 e. The van der Waals surface area contributed by atoms with Crippen LogP contribution in [0.3, 0.4) is 0 Å². The molecule has 2 amide bonds. The van der Waals surface area contributed by atoms with E-state index in [9.17, 15) is 19.1 Å². The predicted molar refractivity (Wildman–Crippen MR) is 136 cm³/mol.